The molecule has 4 nitrogen and oxygen atoms in total. The molecular weight excluding hydrogens is 299 g/mol. The normalized spacial score (nSPS) is 14.3. The molecule has 0 saturated heterocycles. The molecule has 6 heteroatoms. The number of aliphatic hydroxyl groups is 2. The van der Waals surface area contributed by atoms with Crippen molar-refractivity contribution >= 4 is 33.5 Å². The van der Waals surface area contributed by atoms with Crippen LogP contribution in [0.15, 0.2) is 22.7 Å². The average molecular weight is 310 g/mol. The summed E-state index contributed by atoms with van der Waals surface area (Å²) in [6.45, 7) is 0. The summed E-state index contributed by atoms with van der Waals surface area (Å²) >= 11 is 9.04. The zero-order valence-corrected chi connectivity index (χ0v) is 10.7. The number of aliphatic hydroxyl groups excluding tert-OH is 2. The lowest BCUT2D eigenvalue weighted by Gasteiger charge is -2.18. The van der Waals surface area contributed by atoms with Gasteiger partial charge in [0.25, 0.3) is 0 Å². The third kappa shape index (κ3) is 2.74. The molecule has 0 saturated carbocycles. The first-order valence-corrected chi connectivity index (χ1v) is 5.54. The van der Waals surface area contributed by atoms with Crippen molar-refractivity contribution in [2.24, 2.45) is 0 Å². The highest BCUT2D eigenvalue weighted by Crippen LogP contribution is 2.32. The fourth-order valence-corrected chi connectivity index (χ4v) is 2.20. The molecule has 2 unspecified atom stereocenters. The lowest BCUT2D eigenvalue weighted by molar-refractivity contribution is -0.156. The van der Waals surface area contributed by atoms with Crippen molar-refractivity contribution < 1.29 is 19.7 Å². The molecule has 88 valence electrons. The molecule has 2 N–H and O–H groups in total. The van der Waals surface area contributed by atoms with Gasteiger partial charge in [0.1, 0.15) is 6.10 Å². The number of hydrogen-bond acceptors (Lipinski definition) is 4. The van der Waals surface area contributed by atoms with E-state index in [-0.39, 0.29) is 10.6 Å². The van der Waals surface area contributed by atoms with Gasteiger partial charge in [-0.05, 0) is 12.1 Å². The van der Waals surface area contributed by atoms with Crippen LogP contribution in [0.3, 0.4) is 0 Å². The van der Waals surface area contributed by atoms with E-state index >= 15 is 0 Å². The fraction of sp³-hybridized carbons (Fsp3) is 0.300. The minimum absolute atomic E-state index is 0.252. The smallest absolute Gasteiger partial charge is 0.337 e. The highest BCUT2D eigenvalue weighted by molar-refractivity contribution is 9.10. The molecule has 16 heavy (non-hydrogen) atoms. The molecule has 0 aliphatic carbocycles. The van der Waals surface area contributed by atoms with E-state index < -0.39 is 18.2 Å². The zero-order chi connectivity index (χ0) is 12.3. The molecule has 1 rings (SSSR count). The highest BCUT2D eigenvalue weighted by Gasteiger charge is 2.29. The quantitative estimate of drug-likeness (QED) is 0.834. The largest absolute Gasteiger partial charge is 0.467 e. The van der Waals surface area contributed by atoms with Gasteiger partial charge < -0.3 is 14.9 Å². The Morgan fingerprint density at radius 3 is 2.62 bits per heavy atom. The number of halogens is 2. The Balaban J connectivity index is 3.04. The first-order valence-electron chi connectivity index (χ1n) is 4.37. The number of methoxy groups -OCH3 is 1. The van der Waals surface area contributed by atoms with Gasteiger partial charge in [-0.1, -0.05) is 33.6 Å². The van der Waals surface area contributed by atoms with E-state index in [1.165, 1.54) is 0 Å². The summed E-state index contributed by atoms with van der Waals surface area (Å²) < 4.78 is 4.84. The molecule has 0 bridgehead atoms. The summed E-state index contributed by atoms with van der Waals surface area (Å²) in [7, 11) is 1.12. The predicted molar refractivity (Wildman–Crippen MR) is 62.1 cm³/mol. The minimum atomic E-state index is -1.67. The molecule has 0 fully saturated rings. The molecule has 0 heterocycles. The maximum Gasteiger partial charge on any atom is 0.337 e. The first kappa shape index (κ1) is 13.4. The van der Waals surface area contributed by atoms with Crippen molar-refractivity contribution in [3.8, 4) is 0 Å². The SMILES string of the molecule is COC(=O)C(O)C(O)c1c(Cl)cccc1Br. The number of benzene rings is 1. The van der Waals surface area contributed by atoms with E-state index in [0.717, 1.165) is 7.11 Å². The molecule has 0 radical (unpaired) electrons. The Morgan fingerprint density at radius 2 is 2.12 bits per heavy atom. The minimum Gasteiger partial charge on any atom is -0.467 e. The Hall–Kier alpha value is -0.620. The number of esters is 1. The van der Waals surface area contributed by atoms with Crippen LogP contribution in [0.25, 0.3) is 0 Å². The topological polar surface area (TPSA) is 66.8 Å². The van der Waals surface area contributed by atoms with Crippen LogP contribution >= 0.6 is 27.5 Å². The number of carbonyl (C=O) groups is 1. The van der Waals surface area contributed by atoms with E-state index in [2.05, 4.69) is 20.7 Å². The maximum absolute atomic E-state index is 11.1. The first-order chi connectivity index (χ1) is 7.49. The van der Waals surface area contributed by atoms with Gasteiger partial charge in [0.15, 0.2) is 6.10 Å². The number of ether oxygens (including phenoxy) is 1. The van der Waals surface area contributed by atoms with Gasteiger partial charge in [-0.15, -0.1) is 0 Å². The van der Waals surface area contributed by atoms with Crippen LogP contribution < -0.4 is 0 Å². The molecule has 0 aliphatic rings. The zero-order valence-electron chi connectivity index (χ0n) is 8.35. The van der Waals surface area contributed by atoms with E-state index in [1.54, 1.807) is 18.2 Å². The van der Waals surface area contributed by atoms with Crippen LogP contribution in [0.5, 0.6) is 0 Å². The number of rotatable bonds is 3. The van der Waals surface area contributed by atoms with Crippen molar-refractivity contribution in [2.45, 2.75) is 12.2 Å². The van der Waals surface area contributed by atoms with Crippen LogP contribution in [0, 0.1) is 0 Å². The van der Waals surface area contributed by atoms with Crippen molar-refractivity contribution in [3.63, 3.8) is 0 Å². The van der Waals surface area contributed by atoms with E-state index in [0.29, 0.717) is 4.47 Å². The second kappa shape index (κ2) is 5.63. The number of carbonyl (C=O) groups excluding carboxylic acids is 1. The van der Waals surface area contributed by atoms with Crippen molar-refractivity contribution in [2.75, 3.05) is 7.11 Å². The summed E-state index contributed by atoms with van der Waals surface area (Å²) in [6.07, 6.45) is -3.10. The van der Waals surface area contributed by atoms with Gasteiger partial charge in [0.2, 0.25) is 0 Å². The van der Waals surface area contributed by atoms with Crippen LogP contribution in [0.1, 0.15) is 11.7 Å². The molecule has 2 atom stereocenters. The van der Waals surface area contributed by atoms with Crippen LogP contribution in [0.4, 0.5) is 0 Å². The van der Waals surface area contributed by atoms with Gasteiger partial charge in [0, 0.05) is 15.1 Å². The second-order valence-corrected chi connectivity index (χ2v) is 4.31. The summed E-state index contributed by atoms with van der Waals surface area (Å²) in [6, 6.07) is 4.87. The van der Waals surface area contributed by atoms with Crippen LogP contribution in [-0.2, 0) is 9.53 Å². The lowest BCUT2D eigenvalue weighted by atomic mass is 10.0. The lowest BCUT2D eigenvalue weighted by Crippen LogP contribution is -2.29. The standard InChI is InChI=1S/C10H10BrClO4/c1-16-10(15)9(14)8(13)7-5(11)3-2-4-6(7)12/h2-4,8-9,13-14H,1H3. The van der Waals surface area contributed by atoms with Gasteiger partial charge in [-0.25, -0.2) is 4.79 Å². The summed E-state index contributed by atoms with van der Waals surface area (Å²) in [4.78, 5) is 11.1. The number of hydrogen-bond donors (Lipinski definition) is 2. The predicted octanol–water partition coefficient (Wildman–Crippen LogP) is 1.67. The summed E-state index contributed by atoms with van der Waals surface area (Å²) in [5, 5.41) is 19.5. The third-order valence-corrected chi connectivity index (χ3v) is 3.06. The Morgan fingerprint density at radius 1 is 1.50 bits per heavy atom. The van der Waals surface area contributed by atoms with E-state index in [9.17, 15) is 15.0 Å². The molecule has 0 aliphatic heterocycles. The van der Waals surface area contributed by atoms with E-state index in [4.69, 9.17) is 11.6 Å². The molecule has 0 spiro atoms. The van der Waals surface area contributed by atoms with Crippen molar-refractivity contribution in [3.05, 3.63) is 33.3 Å². The second-order valence-electron chi connectivity index (χ2n) is 3.05. The monoisotopic (exact) mass is 308 g/mol. The van der Waals surface area contributed by atoms with Gasteiger partial charge in [-0.3, -0.25) is 0 Å². The van der Waals surface area contributed by atoms with Gasteiger partial charge in [0.05, 0.1) is 7.11 Å². The molecule has 1 aromatic rings. The van der Waals surface area contributed by atoms with E-state index in [1.807, 2.05) is 0 Å². The average Bonchev–Trinajstić information content (AvgIpc) is 2.26. The van der Waals surface area contributed by atoms with Crippen LogP contribution in [0.2, 0.25) is 5.02 Å². The van der Waals surface area contributed by atoms with Gasteiger partial charge in [-0.2, -0.15) is 0 Å². The Bertz CT molecular complexity index is 376. The highest BCUT2D eigenvalue weighted by atomic mass is 79.9. The molecular formula is C10H10BrClO4. The summed E-state index contributed by atoms with van der Waals surface area (Å²) in [5.41, 5.74) is 0.252. The molecule has 0 amide bonds. The van der Waals surface area contributed by atoms with Crippen molar-refractivity contribution in [1.82, 2.24) is 0 Å². The fourth-order valence-electron chi connectivity index (χ4n) is 1.20. The Kier molecular flexibility index (Phi) is 4.73. The molecule has 1 aromatic carbocycles. The molecule has 0 aromatic heterocycles. The maximum atomic E-state index is 11.1. The van der Waals surface area contributed by atoms with Crippen LogP contribution in [-0.4, -0.2) is 29.4 Å². The van der Waals surface area contributed by atoms with Crippen molar-refractivity contribution in [1.29, 1.82) is 0 Å². The Labute approximate surface area is 106 Å². The third-order valence-electron chi connectivity index (χ3n) is 2.04. The summed E-state index contributed by atoms with van der Waals surface area (Å²) in [5.74, 6) is -0.917. The van der Waals surface area contributed by atoms with Gasteiger partial charge >= 0.3 is 5.97 Å².